The third-order valence-electron chi connectivity index (χ3n) is 5.78. The molecule has 3 aromatic rings. The van der Waals surface area contributed by atoms with Gasteiger partial charge in [-0.15, -0.1) is 0 Å². The highest BCUT2D eigenvalue weighted by molar-refractivity contribution is 9.10. The summed E-state index contributed by atoms with van der Waals surface area (Å²) >= 11 is 3.51. The number of nitrogens with zero attached hydrogens (tertiary/aromatic N) is 1. The van der Waals surface area contributed by atoms with Crippen LogP contribution in [0.3, 0.4) is 0 Å². The Morgan fingerprint density at radius 2 is 1.63 bits per heavy atom. The third-order valence-corrected chi connectivity index (χ3v) is 6.28. The first-order valence-corrected chi connectivity index (χ1v) is 12.6. The normalized spacial score (nSPS) is 11.7. The molecule has 1 atom stereocenters. The molecular weight excluding hydrogens is 504 g/mol. The smallest absolute Gasteiger partial charge is 0.261 e. The SMILES string of the molecule is Cc1ccc(OCC(=O)N(Cc2cccc(Br)c2)[C@@H](Cc2ccccc2)C(=O)NC(C)C)cc1C. The maximum absolute atomic E-state index is 13.6. The van der Waals surface area contributed by atoms with Gasteiger partial charge in [0.05, 0.1) is 0 Å². The summed E-state index contributed by atoms with van der Waals surface area (Å²) in [6.45, 7) is 8.01. The molecule has 35 heavy (non-hydrogen) atoms. The fourth-order valence-electron chi connectivity index (χ4n) is 3.80. The molecule has 1 N–H and O–H groups in total. The molecule has 0 aliphatic heterocycles. The van der Waals surface area contributed by atoms with Crippen LogP contribution < -0.4 is 10.1 Å². The molecule has 184 valence electrons. The van der Waals surface area contributed by atoms with E-state index in [1.165, 1.54) is 0 Å². The summed E-state index contributed by atoms with van der Waals surface area (Å²) in [5, 5.41) is 3.00. The van der Waals surface area contributed by atoms with Crippen LogP contribution in [0.25, 0.3) is 0 Å². The van der Waals surface area contributed by atoms with Crippen molar-refractivity contribution in [3.63, 3.8) is 0 Å². The van der Waals surface area contributed by atoms with Crippen LogP contribution in [0.5, 0.6) is 5.75 Å². The minimum atomic E-state index is -0.686. The predicted molar refractivity (Wildman–Crippen MR) is 143 cm³/mol. The van der Waals surface area contributed by atoms with Crippen molar-refractivity contribution in [1.29, 1.82) is 0 Å². The molecule has 0 aliphatic rings. The van der Waals surface area contributed by atoms with E-state index in [0.29, 0.717) is 12.2 Å². The van der Waals surface area contributed by atoms with E-state index in [2.05, 4.69) is 21.2 Å². The molecule has 0 spiro atoms. The van der Waals surface area contributed by atoms with Crippen LogP contribution in [0.4, 0.5) is 0 Å². The van der Waals surface area contributed by atoms with Crippen LogP contribution in [0.2, 0.25) is 0 Å². The Kier molecular flexibility index (Phi) is 9.49. The quantitative estimate of drug-likeness (QED) is 0.366. The van der Waals surface area contributed by atoms with Crippen molar-refractivity contribution in [3.05, 3.63) is 99.5 Å². The maximum atomic E-state index is 13.6. The number of carbonyl (C=O) groups is 2. The number of hydrogen-bond acceptors (Lipinski definition) is 3. The second-order valence-corrected chi connectivity index (χ2v) is 9.97. The fourth-order valence-corrected chi connectivity index (χ4v) is 4.25. The van der Waals surface area contributed by atoms with Gasteiger partial charge in [-0.25, -0.2) is 0 Å². The largest absolute Gasteiger partial charge is 0.484 e. The van der Waals surface area contributed by atoms with Crippen molar-refractivity contribution in [2.24, 2.45) is 0 Å². The fraction of sp³-hybridized carbons (Fsp3) is 0.310. The van der Waals surface area contributed by atoms with E-state index in [1.54, 1.807) is 4.90 Å². The molecule has 0 unspecified atom stereocenters. The van der Waals surface area contributed by atoms with E-state index >= 15 is 0 Å². The summed E-state index contributed by atoms with van der Waals surface area (Å²) < 4.78 is 6.79. The number of benzene rings is 3. The zero-order chi connectivity index (χ0) is 25.4. The lowest BCUT2D eigenvalue weighted by Gasteiger charge is -2.32. The lowest BCUT2D eigenvalue weighted by Crippen LogP contribution is -2.52. The lowest BCUT2D eigenvalue weighted by atomic mass is 10.0. The number of rotatable bonds is 10. The Morgan fingerprint density at radius 3 is 2.29 bits per heavy atom. The van der Waals surface area contributed by atoms with Gasteiger partial charge in [0.25, 0.3) is 5.91 Å². The van der Waals surface area contributed by atoms with E-state index in [-0.39, 0.29) is 31.0 Å². The summed E-state index contributed by atoms with van der Waals surface area (Å²) in [6, 6.07) is 22.6. The third kappa shape index (κ3) is 7.96. The molecule has 0 bridgehead atoms. The Hall–Kier alpha value is -3.12. The monoisotopic (exact) mass is 536 g/mol. The van der Waals surface area contributed by atoms with Crippen molar-refractivity contribution in [2.45, 2.75) is 52.7 Å². The van der Waals surface area contributed by atoms with Gasteiger partial charge >= 0.3 is 0 Å². The molecule has 3 rings (SSSR count). The van der Waals surface area contributed by atoms with Crippen molar-refractivity contribution >= 4 is 27.7 Å². The number of halogens is 1. The molecule has 5 nitrogen and oxygen atoms in total. The molecule has 0 aromatic heterocycles. The number of amides is 2. The van der Waals surface area contributed by atoms with Gasteiger partial charge in [0.1, 0.15) is 11.8 Å². The van der Waals surface area contributed by atoms with Crippen LogP contribution in [0.1, 0.15) is 36.1 Å². The van der Waals surface area contributed by atoms with Crippen LogP contribution in [-0.2, 0) is 22.6 Å². The molecule has 0 radical (unpaired) electrons. The van der Waals surface area contributed by atoms with Gasteiger partial charge in [0, 0.05) is 23.5 Å². The van der Waals surface area contributed by atoms with Gasteiger partial charge in [-0.1, -0.05) is 64.5 Å². The standard InChI is InChI=1S/C29H33BrN2O3/c1-20(2)31-29(34)27(17-23-9-6-5-7-10-23)32(18-24-11-8-12-25(30)16-24)28(33)19-35-26-14-13-21(3)22(4)15-26/h5-16,20,27H,17-19H2,1-4H3,(H,31,34)/t27-/m0/s1. The van der Waals surface area contributed by atoms with Gasteiger partial charge in [-0.2, -0.15) is 0 Å². The number of aryl methyl sites for hydroxylation is 2. The minimum absolute atomic E-state index is 0.0459. The van der Waals surface area contributed by atoms with E-state index in [0.717, 1.165) is 26.7 Å². The second-order valence-electron chi connectivity index (χ2n) is 9.06. The van der Waals surface area contributed by atoms with E-state index in [1.807, 2.05) is 100 Å². The molecule has 3 aromatic carbocycles. The zero-order valence-electron chi connectivity index (χ0n) is 20.8. The molecular formula is C29H33BrN2O3. The molecule has 0 heterocycles. The van der Waals surface area contributed by atoms with Crippen LogP contribution >= 0.6 is 15.9 Å². The summed E-state index contributed by atoms with van der Waals surface area (Å²) in [7, 11) is 0. The Balaban J connectivity index is 1.91. The summed E-state index contributed by atoms with van der Waals surface area (Å²) in [5.74, 6) is 0.205. The van der Waals surface area contributed by atoms with Crippen LogP contribution in [0.15, 0.2) is 77.3 Å². The highest BCUT2D eigenvalue weighted by atomic mass is 79.9. The molecule has 6 heteroatoms. The van der Waals surface area contributed by atoms with Gasteiger partial charge < -0.3 is 15.0 Å². The topological polar surface area (TPSA) is 58.6 Å². The number of nitrogens with one attached hydrogen (secondary N) is 1. The Bertz CT molecular complexity index is 1150. The van der Waals surface area contributed by atoms with E-state index in [9.17, 15) is 9.59 Å². The Morgan fingerprint density at radius 1 is 0.914 bits per heavy atom. The lowest BCUT2D eigenvalue weighted by molar-refractivity contribution is -0.143. The molecule has 0 aliphatic carbocycles. The highest BCUT2D eigenvalue weighted by Gasteiger charge is 2.31. The van der Waals surface area contributed by atoms with Gasteiger partial charge in [0.2, 0.25) is 5.91 Å². The van der Waals surface area contributed by atoms with Crippen LogP contribution in [-0.4, -0.2) is 35.4 Å². The summed E-state index contributed by atoms with van der Waals surface area (Å²) in [5.41, 5.74) is 4.17. The number of ether oxygens (including phenoxy) is 1. The van der Waals surface area contributed by atoms with Crippen molar-refractivity contribution in [3.8, 4) is 5.75 Å². The van der Waals surface area contributed by atoms with Gasteiger partial charge in [-0.05, 0) is 74.2 Å². The summed E-state index contributed by atoms with van der Waals surface area (Å²) in [4.78, 5) is 28.6. The second kappa shape index (κ2) is 12.5. The first-order valence-electron chi connectivity index (χ1n) is 11.8. The van der Waals surface area contributed by atoms with Crippen molar-refractivity contribution in [1.82, 2.24) is 10.2 Å². The average molecular weight is 537 g/mol. The predicted octanol–water partition coefficient (Wildman–Crippen LogP) is 5.61. The van der Waals surface area contributed by atoms with E-state index in [4.69, 9.17) is 4.74 Å². The van der Waals surface area contributed by atoms with E-state index < -0.39 is 6.04 Å². The van der Waals surface area contributed by atoms with Gasteiger partial charge in [0.15, 0.2) is 6.61 Å². The van der Waals surface area contributed by atoms with Gasteiger partial charge in [-0.3, -0.25) is 9.59 Å². The van der Waals surface area contributed by atoms with Crippen molar-refractivity contribution in [2.75, 3.05) is 6.61 Å². The average Bonchev–Trinajstić information content (AvgIpc) is 2.82. The molecule has 0 saturated heterocycles. The number of carbonyl (C=O) groups excluding carboxylic acids is 2. The number of hydrogen-bond donors (Lipinski definition) is 1. The summed E-state index contributed by atoms with van der Waals surface area (Å²) in [6.07, 6.45) is 0.406. The highest BCUT2D eigenvalue weighted by Crippen LogP contribution is 2.20. The molecule has 0 saturated carbocycles. The maximum Gasteiger partial charge on any atom is 0.261 e. The zero-order valence-corrected chi connectivity index (χ0v) is 22.3. The van der Waals surface area contributed by atoms with Crippen molar-refractivity contribution < 1.29 is 14.3 Å². The molecule has 0 fully saturated rings. The Labute approximate surface area is 216 Å². The first kappa shape index (κ1) is 26.5. The minimum Gasteiger partial charge on any atom is -0.484 e. The first-order chi connectivity index (χ1) is 16.7. The van der Waals surface area contributed by atoms with Crippen LogP contribution in [0, 0.1) is 13.8 Å². The molecule has 2 amide bonds.